The molecule has 116 heavy (non-hydrogen) atoms. The first-order chi connectivity index (χ1) is 56.8. The molecule has 31 heteroatoms. The topological polar surface area (TPSA) is 440 Å². The summed E-state index contributed by atoms with van der Waals surface area (Å²) in [5, 5.41) is 24.8. The highest BCUT2D eigenvalue weighted by atomic mass is 16.5. The van der Waals surface area contributed by atoms with Gasteiger partial charge in [-0.1, -0.05) is 84.9 Å². The molecule has 0 spiro atoms. The molecule has 31 nitrogen and oxygen atoms in total. The molecule has 9 heterocycles. The number of carbonyl (C=O) groups excluding carboxylic acids is 4. The molecule has 16 rings (SSSR count). The van der Waals surface area contributed by atoms with Gasteiger partial charge in [0.15, 0.2) is 46.0 Å². The Morgan fingerprint density at radius 1 is 0.276 bits per heavy atom. The van der Waals surface area contributed by atoms with Gasteiger partial charge in [0, 0.05) is 54.6 Å². The Morgan fingerprint density at radius 2 is 0.586 bits per heavy atom. The summed E-state index contributed by atoms with van der Waals surface area (Å²) in [4.78, 5) is 90.0. The number of aromatic nitrogens is 9. The van der Waals surface area contributed by atoms with E-state index < -0.39 is 23.6 Å². The molecule has 0 unspecified atom stereocenters. The van der Waals surface area contributed by atoms with E-state index in [-0.39, 0.29) is 46.0 Å². The number of hydrogen-bond donors (Lipinski definition) is 12. The molecule has 4 amide bonds. The zero-order chi connectivity index (χ0) is 80.2. The number of pyridine rings is 1. The van der Waals surface area contributed by atoms with Gasteiger partial charge in [0.05, 0.1) is 146 Å². The molecule has 0 atom stereocenters. The normalized spacial score (nSPS) is 14.6. The van der Waals surface area contributed by atoms with Crippen molar-refractivity contribution in [2.45, 2.75) is 38.5 Å². The van der Waals surface area contributed by atoms with Gasteiger partial charge in [-0.15, -0.1) is 0 Å². The maximum absolute atomic E-state index is 13.0. The minimum absolute atomic E-state index is 0.0507. The number of ether oxygens (including phenoxy) is 6. The van der Waals surface area contributed by atoms with E-state index in [0.29, 0.717) is 117 Å². The number of nitrogens with one attached hydrogen (secondary N) is 8. The van der Waals surface area contributed by atoms with Crippen molar-refractivity contribution in [1.82, 2.24) is 44.9 Å². The van der Waals surface area contributed by atoms with Crippen LogP contribution in [0.15, 0.2) is 213 Å². The monoisotopic (exact) mass is 1560 g/mol. The zero-order valence-corrected chi connectivity index (χ0v) is 63.4. The molecule has 592 valence electrons. The number of nitrogen functional groups attached to an aromatic ring is 4. The summed E-state index contributed by atoms with van der Waals surface area (Å²) in [6, 6.07) is 54.4. The molecule has 4 aliphatic heterocycles. The number of rotatable bonds is 0. The van der Waals surface area contributed by atoms with Crippen molar-refractivity contribution in [2.75, 3.05) is 145 Å². The smallest absolute Gasteiger partial charge is 0.278 e. The highest BCUT2D eigenvalue weighted by Crippen LogP contribution is 2.32. The van der Waals surface area contributed by atoms with E-state index in [1.54, 1.807) is 37.1 Å². The van der Waals surface area contributed by atoms with E-state index in [2.05, 4.69) is 87.4 Å². The van der Waals surface area contributed by atoms with Crippen molar-refractivity contribution in [1.29, 1.82) is 0 Å². The zero-order valence-electron chi connectivity index (χ0n) is 63.4. The quantitative estimate of drug-likeness (QED) is 0.0671. The number of anilines is 12. The van der Waals surface area contributed by atoms with Crippen molar-refractivity contribution < 1.29 is 47.6 Å². The van der Waals surface area contributed by atoms with E-state index in [9.17, 15) is 19.2 Å². The van der Waals surface area contributed by atoms with Crippen LogP contribution in [0.25, 0.3) is 45.0 Å². The van der Waals surface area contributed by atoms with Crippen molar-refractivity contribution in [3.05, 3.63) is 236 Å². The van der Waals surface area contributed by atoms with Crippen molar-refractivity contribution >= 4 is 92.4 Å². The van der Waals surface area contributed by atoms with Gasteiger partial charge in [0.25, 0.3) is 23.6 Å². The van der Waals surface area contributed by atoms with Gasteiger partial charge in [0.2, 0.25) is 0 Å². The molecule has 16 bridgehead atoms. The summed E-state index contributed by atoms with van der Waals surface area (Å²) in [6.45, 7) is 7.00. The van der Waals surface area contributed by atoms with Crippen LogP contribution in [0.3, 0.4) is 0 Å². The summed E-state index contributed by atoms with van der Waals surface area (Å²) >= 11 is 0. The predicted octanol–water partition coefficient (Wildman–Crippen LogP) is 12.9. The number of fused-ring (bicyclic) bond motifs is 24. The lowest BCUT2D eigenvalue weighted by Crippen LogP contribution is -2.19. The van der Waals surface area contributed by atoms with Crippen LogP contribution in [0.5, 0.6) is 23.0 Å². The fourth-order valence-electron chi connectivity index (χ4n) is 12.2. The van der Waals surface area contributed by atoms with Crippen LogP contribution in [0.2, 0.25) is 0 Å². The number of para-hydroxylation sites is 6. The fourth-order valence-corrected chi connectivity index (χ4v) is 12.2. The SMILES string of the molecule is Nc1ncc2nc1C(=O)Nc1ccccc1NCCCCCOc1cccc-2c1.Nc1ncc2nc1C(=O)Nc1ccccc1NCCCOc1cccc-2c1.Nc1ncc2nc1C(=O)Nc1ccccc1NCCOCCOCCOc1cccc-2c1.Nc1ncc2nc1C(=O)Nc1cnccc1NCCCCOc1cccc-2c1. The van der Waals surface area contributed by atoms with Gasteiger partial charge < -0.3 is 93.9 Å². The Hall–Kier alpha value is -14.6. The minimum Gasteiger partial charge on any atom is -0.494 e. The Morgan fingerprint density at radius 3 is 0.991 bits per heavy atom. The second-order valence-electron chi connectivity index (χ2n) is 26.4. The summed E-state index contributed by atoms with van der Waals surface area (Å²) in [5.41, 5.74) is 35.1. The van der Waals surface area contributed by atoms with Gasteiger partial charge in [-0.2, -0.15) is 0 Å². The Kier molecular flexibility index (Phi) is 27.4. The number of benzene rings is 7. The lowest BCUT2D eigenvalue weighted by Gasteiger charge is -2.14. The molecule has 16 N–H and O–H groups in total. The number of carbonyl (C=O) groups is 4. The van der Waals surface area contributed by atoms with Gasteiger partial charge in [-0.3, -0.25) is 24.2 Å². The first-order valence-corrected chi connectivity index (χ1v) is 37.8. The Balaban J connectivity index is 0.000000135. The molecular formula is C85H87N21O10. The molecule has 7 aromatic carbocycles. The molecular weight excluding hydrogens is 1480 g/mol. The summed E-state index contributed by atoms with van der Waals surface area (Å²) in [5.74, 6) is 1.52. The third-order valence-electron chi connectivity index (χ3n) is 18.1. The van der Waals surface area contributed by atoms with Gasteiger partial charge in [-0.25, -0.2) is 39.9 Å². The molecule has 0 aliphatic carbocycles. The molecule has 4 aliphatic rings. The first-order valence-electron chi connectivity index (χ1n) is 37.8. The van der Waals surface area contributed by atoms with E-state index in [1.165, 1.54) is 6.20 Å². The van der Waals surface area contributed by atoms with E-state index in [0.717, 1.165) is 114 Å². The van der Waals surface area contributed by atoms with Crippen molar-refractivity contribution in [3.8, 4) is 68.0 Å². The molecule has 0 saturated heterocycles. The van der Waals surface area contributed by atoms with Gasteiger partial charge in [-0.05, 0) is 130 Å². The largest absolute Gasteiger partial charge is 0.494 e. The lowest BCUT2D eigenvalue weighted by atomic mass is 10.1. The number of hydrogen-bond acceptors (Lipinski definition) is 27. The summed E-state index contributed by atoms with van der Waals surface area (Å²) in [6.07, 6.45) is 15.1. The fraction of sp³-hybridized carbons (Fsp3) is 0.212. The molecule has 5 aromatic heterocycles. The third-order valence-corrected chi connectivity index (χ3v) is 18.1. The average Bonchev–Trinajstić information content (AvgIpc) is 0.905. The van der Waals surface area contributed by atoms with Gasteiger partial charge >= 0.3 is 0 Å². The standard InChI is InChI=1S/C23H25N5O4.C22H23N5O2.C20H20N6O2.C20H19N5O2/c24-22-21-23(29)28-19-7-2-1-6-18(19)25-8-9-30-10-11-31-12-13-32-17-5-3-4-16(14-17)20(27-21)15-26-22;23-21-20-22(28)27-18-10-3-2-9-17(18)24-11-4-1-5-12-29-16-8-6-7-15(13-16)19(26-20)14-25-21;21-19-18-20(27)26-17-11-22-8-6-15(17)23-7-1-2-9-28-14-5-3-4-13(10-14)16(25-18)12-24-19;21-19-18-20(26)25-16-8-2-1-7-15(16)22-9-4-10-27-14-6-3-5-13(11-14)17(24-18)12-23-19/h1-7,14-15,25H,8-13H2,(H2,24,26)(H,28,29);2-3,6-10,13-14,24H,1,4-5,11-12H2,(H2,23,25)(H,27,28);3-6,8,10-12,23H,1-2,7,9H2,(H2,21,24)(H,26,27);1-3,5-8,11-12,22H,4,9-10H2,(H2,21,23)(H,25,26). The van der Waals surface area contributed by atoms with Crippen LogP contribution in [-0.2, 0) is 9.47 Å². The molecule has 0 saturated carbocycles. The Bertz CT molecular complexity index is 5410. The maximum atomic E-state index is 13.0. The van der Waals surface area contributed by atoms with Gasteiger partial charge in [0.1, 0.15) is 29.6 Å². The summed E-state index contributed by atoms with van der Waals surface area (Å²) < 4.78 is 34.4. The van der Waals surface area contributed by atoms with E-state index >= 15 is 0 Å². The highest BCUT2D eigenvalue weighted by molar-refractivity contribution is 6.10. The van der Waals surface area contributed by atoms with Crippen LogP contribution in [0, 0.1) is 0 Å². The highest BCUT2D eigenvalue weighted by Gasteiger charge is 2.23. The van der Waals surface area contributed by atoms with Crippen LogP contribution in [-0.4, -0.2) is 148 Å². The van der Waals surface area contributed by atoms with Crippen LogP contribution < -0.4 is 84.4 Å². The number of amides is 4. The summed E-state index contributed by atoms with van der Waals surface area (Å²) in [7, 11) is 0. The average molecular weight is 1560 g/mol. The van der Waals surface area contributed by atoms with Crippen LogP contribution in [0.4, 0.5) is 68.8 Å². The van der Waals surface area contributed by atoms with Crippen molar-refractivity contribution in [3.63, 3.8) is 0 Å². The van der Waals surface area contributed by atoms with E-state index in [4.69, 9.17) is 51.4 Å². The number of nitrogens with zero attached hydrogens (tertiary/aromatic N) is 9. The second kappa shape index (κ2) is 40.0. The molecule has 12 aromatic rings. The van der Waals surface area contributed by atoms with Crippen molar-refractivity contribution in [2.24, 2.45) is 0 Å². The maximum Gasteiger partial charge on any atom is 0.278 e. The van der Waals surface area contributed by atoms with Crippen LogP contribution >= 0.6 is 0 Å². The number of nitrogens with two attached hydrogens (primary N) is 4. The second-order valence-corrected chi connectivity index (χ2v) is 26.4. The first kappa shape index (κ1) is 79.5. The predicted molar refractivity (Wildman–Crippen MR) is 448 cm³/mol. The third kappa shape index (κ3) is 22.0. The lowest BCUT2D eigenvalue weighted by molar-refractivity contribution is 0.0395. The Labute approximate surface area is 668 Å². The molecule has 0 radical (unpaired) electrons. The van der Waals surface area contributed by atoms with Crippen LogP contribution in [0.1, 0.15) is 80.5 Å². The minimum atomic E-state index is -0.443. The van der Waals surface area contributed by atoms with E-state index in [1.807, 2.05) is 170 Å². The molecule has 0 fully saturated rings.